The molecule has 2 atom stereocenters. The molecule has 1 saturated heterocycles. The molecule has 4 nitrogen and oxygen atoms in total. The third kappa shape index (κ3) is 3.31. The van der Waals surface area contributed by atoms with Crippen LogP contribution in [0.3, 0.4) is 0 Å². The van der Waals surface area contributed by atoms with Crippen molar-refractivity contribution in [2.75, 3.05) is 12.3 Å². The van der Waals surface area contributed by atoms with Crippen LogP contribution in [0.15, 0.2) is 11.4 Å². The molecule has 1 amide bonds. The van der Waals surface area contributed by atoms with Gasteiger partial charge in [-0.15, -0.1) is 11.3 Å². The van der Waals surface area contributed by atoms with E-state index in [-0.39, 0.29) is 5.91 Å². The number of hydrogen-bond acceptors (Lipinski definition) is 5. The van der Waals surface area contributed by atoms with Crippen molar-refractivity contribution < 1.29 is 4.79 Å². The van der Waals surface area contributed by atoms with Crippen molar-refractivity contribution in [2.45, 2.75) is 63.4 Å². The number of thiophene rings is 1. The number of aromatic nitrogens is 2. The van der Waals surface area contributed by atoms with Gasteiger partial charge in [0.2, 0.25) is 5.91 Å². The van der Waals surface area contributed by atoms with Gasteiger partial charge in [0, 0.05) is 22.8 Å². The highest BCUT2D eigenvalue weighted by Gasteiger charge is 2.35. The summed E-state index contributed by atoms with van der Waals surface area (Å²) in [6.07, 6.45) is 9.22. The number of rotatable bonds is 3. The number of thioether (sulfide) groups is 1. The van der Waals surface area contributed by atoms with Crippen LogP contribution in [-0.4, -0.2) is 39.1 Å². The van der Waals surface area contributed by atoms with Gasteiger partial charge in [-0.1, -0.05) is 24.6 Å². The molecule has 134 valence electrons. The molecule has 1 saturated carbocycles. The molecule has 0 radical (unpaired) electrons. The third-order valence-electron chi connectivity index (χ3n) is 5.83. The Morgan fingerprint density at radius 3 is 2.92 bits per heavy atom. The van der Waals surface area contributed by atoms with E-state index in [4.69, 9.17) is 0 Å². The topological polar surface area (TPSA) is 46.1 Å². The molecule has 0 aromatic carbocycles. The highest BCUT2D eigenvalue weighted by molar-refractivity contribution is 8.00. The molecule has 2 fully saturated rings. The summed E-state index contributed by atoms with van der Waals surface area (Å²) >= 11 is 3.29. The Balaban J connectivity index is 1.49. The fraction of sp³-hybridized carbons (Fsp3) is 0.632. The van der Waals surface area contributed by atoms with E-state index in [0.717, 1.165) is 34.1 Å². The van der Waals surface area contributed by atoms with Crippen LogP contribution in [0.5, 0.6) is 0 Å². The van der Waals surface area contributed by atoms with E-state index in [1.165, 1.54) is 42.5 Å². The first-order chi connectivity index (χ1) is 12.1. The summed E-state index contributed by atoms with van der Waals surface area (Å²) < 4.78 is 0. The molecule has 0 bridgehead atoms. The first kappa shape index (κ1) is 17.3. The quantitative estimate of drug-likeness (QED) is 0.582. The van der Waals surface area contributed by atoms with E-state index in [0.29, 0.717) is 11.8 Å². The normalized spacial score (nSPS) is 23.7. The minimum absolute atomic E-state index is 0.290. The van der Waals surface area contributed by atoms with E-state index in [2.05, 4.69) is 28.7 Å². The van der Waals surface area contributed by atoms with Gasteiger partial charge in [0.05, 0.1) is 5.75 Å². The molecule has 1 aliphatic heterocycles. The number of nitrogens with zero attached hydrogens (tertiary/aromatic N) is 3. The monoisotopic (exact) mass is 375 g/mol. The maximum absolute atomic E-state index is 12.9. The van der Waals surface area contributed by atoms with E-state index in [1.54, 1.807) is 29.4 Å². The summed E-state index contributed by atoms with van der Waals surface area (Å²) in [4.78, 5) is 26.3. The Bertz CT molecular complexity index is 786. The molecule has 0 unspecified atom stereocenters. The smallest absolute Gasteiger partial charge is 0.233 e. The van der Waals surface area contributed by atoms with Crippen LogP contribution < -0.4 is 0 Å². The highest BCUT2D eigenvalue weighted by Crippen LogP contribution is 2.37. The second kappa shape index (κ2) is 7.23. The second-order valence-corrected chi connectivity index (χ2v) is 9.44. The SMILES string of the molecule is Cc1sc2ncnc(SCC(=O)N3CCC[C@@H]4CCCC[C@H]43)c2c1C. The number of hydrogen-bond donors (Lipinski definition) is 0. The lowest BCUT2D eigenvalue weighted by molar-refractivity contribution is -0.134. The van der Waals surface area contributed by atoms with E-state index < -0.39 is 0 Å². The van der Waals surface area contributed by atoms with Crippen molar-refractivity contribution in [1.29, 1.82) is 0 Å². The molecule has 4 rings (SSSR count). The molecule has 0 spiro atoms. The summed E-state index contributed by atoms with van der Waals surface area (Å²) in [5.74, 6) is 1.52. The predicted molar refractivity (Wildman–Crippen MR) is 104 cm³/mol. The fourth-order valence-corrected chi connectivity index (χ4v) is 6.41. The Morgan fingerprint density at radius 2 is 2.04 bits per heavy atom. The number of amides is 1. The van der Waals surface area contributed by atoms with E-state index in [1.807, 2.05) is 0 Å². The van der Waals surface area contributed by atoms with Crippen LogP contribution in [0.1, 0.15) is 49.0 Å². The van der Waals surface area contributed by atoms with Crippen molar-refractivity contribution in [1.82, 2.24) is 14.9 Å². The zero-order valence-electron chi connectivity index (χ0n) is 15.0. The number of likely N-dealkylation sites (tertiary alicyclic amines) is 1. The van der Waals surface area contributed by atoms with Gasteiger partial charge in [-0.05, 0) is 51.0 Å². The molecule has 0 N–H and O–H groups in total. The van der Waals surface area contributed by atoms with Gasteiger partial charge >= 0.3 is 0 Å². The second-order valence-electron chi connectivity index (χ2n) is 7.27. The van der Waals surface area contributed by atoms with Gasteiger partial charge in [-0.25, -0.2) is 9.97 Å². The Labute approximate surface area is 157 Å². The summed E-state index contributed by atoms with van der Waals surface area (Å²) in [5.41, 5.74) is 1.25. The number of piperidine rings is 1. The molecule has 2 aliphatic rings. The minimum Gasteiger partial charge on any atom is -0.339 e. The predicted octanol–water partition coefficient (Wildman–Crippen LogP) is 4.58. The number of carbonyl (C=O) groups excluding carboxylic acids is 1. The Morgan fingerprint density at radius 1 is 1.24 bits per heavy atom. The van der Waals surface area contributed by atoms with Crippen LogP contribution in [-0.2, 0) is 4.79 Å². The highest BCUT2D eigenvalue weighted by atomic mass is 32.2. The number of carbonyl (C=O) groups is 1. The fourth-order valence-electron chi connectivity index (χ4n) is 4.41. The maximum Gasteiger partial charge on any atom is 0.233 e. The van der Waals surface area contributed by atoms with Gasteiger partial charge in [0.1, 0.15) is 16.2 Å². The van der Waals surface area contributed by atoms with Crippen molar-refractivity contribution in [3.8, 4) is 0 Å². The van der Waals surface area contributed by atoms with Gasteiger partial charge in [-0.2, -0.15) is 0 Å². The van der Waals surface area contributed by atoms with Crippen LogP contribution in [0, 0.1) is 19.8 Å². The van der Waals surface area contributed by atoms with Crippen molar-refractivity contribution >= 4 is 39.2 Å². The number of fused-ring (bicyclic) bond motifs is 2. The lowest BCUT2D eigenvalue weighted by atomic mass is 9.78. The van der Waals surface area contributed by atoms with Crippen molar-refractivity contribution in [3.63, 3.8) is 0 Å². The molecule has 6 heteroatoms. The third-order valence-corrected chi connectivity index (χ3v) is 7.92. The number of aryl methyl sites for hydroxylation is 2. The molecule has 3 heterocycles. The molecule has 1 aliphatic carbocycles. The first-order valence-corrected chi connectivity index (χ1v) is 11.1. The maximum atomic E-state index is 12.9. The molecule has 2 aromatic heterocycles. The lowest BCUT2D eigenvalue weighted by Gasteiger charge is -2.44. The zero-order valence-corrected chi connectivity index (χ0v) is 16.6. The Kier molecular flexibility index (Phi) is 5.00. The largest absolute Gasteiger partial charge is 0.339 e. The Hall–Kier alpha value is -1.14. The minimum atomic E-state index is 0.290. The van der Waals surface area contributed by atoms with Gasteiger partial charge in [0.25, 0.3) is 0 Å². The van der Waals surface area contributed by atoms with E-state index >= 15 is 0 Å². The zero-order chi connectivity index (χ0) is 17.4. The summed E-state index contributed by atoms with van der Waals surface area (Å²) in [5, 5.41) is 2.09. The van der Waals surface area contributed by atoms with Crippen LogP contribution in [0.4, 0.5) is 0 Å². The molecule has 2 aromatic rings. The van der Waals surface area contributed by atoms with Crippen LogP contribution in [0.2, 0.25) is 0 Å². The summed E-state index contributed by atoms with van der Waals surface area (Å²) in [6.45, 7) is 5.19. The molecular formula is C19H25N3OS2. The standard InChI is InChI=1S/C19H25N3OS2/c1-12-13(2)25-19-17(12)18(20-11-21-19)24-10-16(23)22-9-5-7-14-6-3-4-8-15(14)22/h11,14-15H,3-10H2,1-2H3/t14-,15+/m0/s1. The summed E-state index contributed by atoms with van der Waals surface area (Å²) in [6, 6.07) is 0.492. The molecular weight excluding hydrogens is 350 g/mol. The molecule has 25 heavy (non-hydrogen) atoms. The van der Waals surface area contributed by atoms with Crippen LogP contribution >= 0.6 is 23.1 Å². The average molecular weight is 376 g/mol. The lowest BCUT2D eigenvalue weighted by Crippen LogP contribution is -2.50. The van der Waals surface area contributed by atoms with Gasteiger partial charge < -0.3 is 4.90 Å². The first-order valence-electron chi connectivity index (χ1n) is 9.28. The van der Waals surface area contributed by atoms with Crippen LogP contribution in [0.25, 0.3) is 10.2 Å². The summed E-state index contributed by atoms with van der Waals surface area (Å²) in [7, 11) is 0. The van der Waals surface area contributed by atoms with Crippen molar-refractivity contribution in [3.05, 3.63) is 16.8 Å². The van der Waals surface area contributed by atoms with Gasteiger partial charge in [-0.3, -0.25) is 4.79 Å². The van der Waals surface area contributed by atoms with Crippen molar-refractivity contribution in [2.24, 2.45) is 5.92 Å². The van der Waals surface area contributed by atoms with E-state index in [9.17, 15) is 4.79 Å². The average Bonchev–Trinajstić information content (AvgIpc) is 2.94. The van der Waals surface area contributed by atoms with Gasteiger partial charge in [0.15, 0.2) is 0 Å².